The molecule has 9 heteroatoms. The van der Waals surface area contributed by atoms with Crippen LogP contribution in [0.4, 0.5) is 22.0 Å². The van der Waals surface area contributed by atoms with Crippen LogP contribution in [0.15, 0.2) is 0 Å². The van der Waals surface area contributed by atoms with Crippen molar-refractivity contribution in [1.82, 2.24) is 0 Å². The zero-order valence-corrected chi connectivity index (χ0v) is 7.93. The summed E-state index contributed by atoms with van der Waals surface area (Å²) in [5, 5.41) is -5.65. The first-order chi connectivity index (χ1) is 4.19. The van der Waals surface area contributed by atoms with Crippen molar-refractivity contribution in [3.63, 3.8) is 0 Å². The van der Waals surface area contributed by atoms with Crippen LogP contribution in [0, 0.1) is 0 Å². The molecule has 62 valence electrons. The van der Waals surface area contributed by atoms with Crippen LogP contribution in [0.2, 0.25) is 0 Å². The Balaban J connectivity index is 0. The Bertz CT molecular complexity index is 155. The Hall–Kier alpha value is 0.760. The van der Waals surface area contributed by atoms with Crippen molar-refractivity contribution in [2.45, 2.75) is 11.4 Å². The Morgan fingerprint density at radius 1 is 1.09 bits per heavy atom. The van der Waals surface area contributed by atoms with E-state index in [0.29, 0.717) is 0 Å². The molecule has 0 heterocycles. The fourth-order valence-corrected chi connectivity index (χ4v) is 0.283. The van der Waals surface area contributed by atoms with Gasteiger partial charge in [0.05, 0.1) is 0 Å². The summed E-state index contributed by atoms with van der Waals surface area (Å²) in [4.78, 5) is 0. The minimum atomic E-state index is -6.03. The normalized spacial score (nSPS) is 15.5. The average molecular weight is 206 g/mol. The van der Waals surface area contributed by atoms with Gasteiger partial charge in [-0.15, -0.1) is 0 Å². The summed E-state index contributed by atoms with van der Waals surface area (Å²) in [5.41, 5.74) is 0. The zero-order chi connectivity index (χ0) is 8.58. The quantitative estimate of drug-likeness (QED) is 0.283. The van der Waals surface area contributed by atoms with Crippen LogP contribution in [0.3, 0.4) is 0 Å². The van der Waals surface area contributed by atoms with Crippen molar-refractivity contribution in [3.8, 4) is 0 Å². The van der Waals surface area contributed by atoms with Crippen LogP contribution < -0.4 is 29.6 Å². The molecule has 0 radical (unpaired) electrons. The number of halogens is 5. The van der Waals surface area contributed by atoms with Gasteiger partial charge in [-0.2, -0.15) is 22.0 Å². The minimum Gasteiger partial charge on any atom is -0.768 e. The zero-order valence-electron chi connectivity index (χ0n) is 5.11. The monoisotopic (exact) mass is 206 g/mol. The molecule has 0 fully saturated rings. The van der Waals surface area contributed by atoms with Crippen molar-refractivity contribution in [2.75, 3.05) is 0 Å². The van der Waals surface area contributed by atoms with Crippen LogP contribution in [0.5, 0.6) is 0 Å². The van der Waals surface area contributed by atoms with E-state index in [0.717, 1.165) is 0 Å². The van der Waals surface area contributed by atoms with Gasteiger partial charge in [0.2, 0.25) is 0 Å². The predicted octanol–water partition coefficient (Wildman–Crippen LogP) is -1.98. The third-order valence-corrected chi connectivity index (χ3v) is 1.19. The molecular formula is C2F5NaO2S. The molecule has 0 aliphatic rings. The number of hydrogen-bond donors (Lipinski definition) is 0. The second-order valence-corrected chi connectivity index (χ2v) is 2.23. The number of rotatable bonds is 1. The first-order valence-corrected chi connectivity index (χ1v) is 2.81. The summed E-state index contributed by atoms with van der Waals surface area (Å²) >= 11 is -4.45. The Kier molecular flexibility index (Phi) is 5.36. The molecule has 0 bridgehead atoms. The second kappa shape index (κ2) is 4.13. The van der Waals surface area contributed by atoms with E-state index in [-0.39, 0.29) is 29.6 Å². The predicted molar refractivity (Wildman–Crippen MR) is 19.9 cm³/mol. The summed E-state index contributed by atoms with van der Waals surface area (Å²) in [6.45, 7) is 0. The van der Waals surface area contributed by atoms with Crippen LogP contribution in [-0.4, -0.2) is 20.2 Å². The molecule has 0 rings (SSSR count). The third-order valence-electron chi connectivity index (χ3n) is 0.539. The first kappa shape index (κ1) is 14.3. The summed E-state index contributed by atoms with van der Waals surface area (Å²) in [6.07, 6.45) is -6.03. The van der Waals surface area contributed by atoms with Crippen LogP contribution in [-0.2, 0) is 11.1 Å². The molecule has 0 aliphatic heterocycles. The first-order valence-electron chi connectivity index (χ1n) is 1.73. The molecule has 0 saturated carbocycles. The fraction of sp³-hybridized carbons (Fsp3) is 1.00. The average Bonchev–Trinajstić information content (AvgIpc) is 1.62. The molecule has 0 aromatic carbocycles. The maximum Gasteiger partial charge on any atom is 1.00 e. The van der Waals surface area contributed by atoms with Gasteiger partial charge in [-0.3, -0.25) is 4.21 Å². The SMILES string of the molecule is O=S([O-])C(F)(F)C(F)(F)F.[Na+]. The van der Waals surface area contributed by atoms with Gasteiger partial charge in [0.1, 0.15) is 0 Å². The summed E-state index contributed by atoms with van der Waals surface area (Å²) in [6, 6.07) is 0. The van der Waals surface area contributed by atoms with Crippen molar-refractivity contribution < 1.29 is 60.3 Å². The van der Waals surface area contributed by atoms with E-state index in [1.54, 1.807) is 0 Å². The molecule has 2 nitrogen and oxygen atoms in total. The van der Waals surface area contributed by atoms with Crippen molar-refractivity contribution in [1.29, 1.82) is 0 Å². The van der Waals surface area contributed by atoms with E-state index in [4.69, 9.17) is 0 Å². The van der Waals surface area contributed by atoms with E-state index in [1.165, 1.54) is 0 Å². The molecule has 0 spiro atoms. The standard InChI is InChI=1S/C2HF5O2S.Na/c3-1(4,5)2(6,7)10(8)9;/h(H,8,9);/q;+1/p-1. The number of hydrogen-bond acceptors (Lipinski definition) is 2. The third kappa shape index (κ3) is 3.32. The Morgan fingerprint density at radius 2 is 1.36 bits per heavy atom. The van der Waals surface area contributed by atoms with E-state index in [2.05, 4.69) is 0 Å². The van der Waals surface area contributed by atoms with Crippen molar-refractivity contribution in [2.24, 2.45) is 0 Å². The summed E-state index contributed by atoms with van der Waals surface area (Å²) in [5.74, 6) is 0. The Labute approximate surface area is 82.7 Å². The molecule has 11 heavy (non-hydrogen) atoms. The van der Waals surface area contributed by atoms with Gasteiger partial charge in [-0.25, -0.2) is 0 Å². The van der Waals surface area contributed by atoms with E-state index >= 15 is 0 Å². The van der Waals surface area contributed by atoms with E-state index in [9.17, 15) is 30.7 Å². The van der Waals surface area contributed by atoms with Crippen molar-refractivity contribution in [3.05, 3.63) is 0 Å². The van der Waals surface area contributed by atoms with Crippen LogP contribution >= 0.6 is 0 Å². The van der Waals surface area contributed by atoms with Gasteiger partial charge in [-0.05, 0) is 0 Å². The Morgan fingerprint density at radius 3 is 1.36 bits per heavy atom. The fourth-order valence-electron chi connectivity index (χ4n) is 0.0945. The molecule has 0 aromatic heterocycles. The molecule has 0 aromatic rings. The van der Waals surface area contributed by atoms with Crippen molar-refractivity contribution >= 4 is 11.1 Å². The van der Waals surface area contributed by atoms with Gasteiger partial charge in [0.15, 0.2) is 0 Å². The maximum atomic E-state index is 11.3. The largest absolute Gasteiger partial charge is 1.00 e. The molecular weight excluding hydrogens is 206 g/mol. The van der Waals surface area contributed by atoms with Crippen LogP contribution in [0.25, 0.3) is 0 Å². The van der Waals surface area contributed by atoms with Crippen LogP contribution in [0.1, 0.15) is 0 Å². The summed E-state index contributed by atoms with van der Waals surface area (Å²) < 4.78 is 73.8. The molecule has 0 amide bonds. The van der Waals surface area contributed by atoms with Gasteiger partial charge >= 0.3 is 41.0 Å². The molecule has 0 N–H and O–H groups in total. The van der Waals surface area contributed by atoms with E-state index < -0.39 is 22.5 Å². The smallest absolute Gasteiger partial charge is 0.768 e. The summed E-state index contributed by atoms with van der Waals surface area (Å²) in [7, 11) is 0. The molecule has 1 atom stereocenters. The second-order valence-electron chi connectivity index (χ2n) is 1.25. The van der Waals surface area contributed by atoms with E-state index in [1.807, 2.05) is 0 Å². The van der Waals surface area contributed by atoms with Gasteiger partial charge in [0.25, 0.3) is 0 Å². The van der Waals surface area contributed by atoms with Gasteiger partial charge in [0, 0.05) is 11.1 Å². The topological polar surface area (TPSA) is 40.1 Å². The molecule has 0 saturated heterocycles. The minimum absolute atomic E-state index is 0. The van der Waals surface area contributed by atoms with Gasteiger partial charge in [-0.1, -0.05) is 0 Å². The van der Waals surface area contributed by atoms with Gasteiger partial charge < -0.3 is 4.55 Å². The molecule has 1 unspecified atom stereocenters. The number of alkyl halides is 5. The molecule has 0 aliphatic carbocycles. The maximum absolute atomic E-state index is 11.3.